The minimum atomic E-state index is -1.04. The summed E-state index contributed by atoms with van der Waals surface area (Å²) in [5.74, 6) is -1.36. The van der Waals surface area contributed by atoms with Crippen LogP contribution in [0.2, 0.25) is 10.0 Å². The number of halogens is 2. The Morgan fingerprint density at radius 1 is 1.14 bits per heavy atom. The minimum Gasteiger partial charge on any atom is -0.478 e. The largest absolute Gasteiger partial charge is 0.478 e. The van der Waals surface area contributed by atoms with Crippen molar-refractivity contribution >= 4 is 58.2 Å². The van der Waals surface area contributed by atoms with Crippen molar-refractivity contribution < 1.29 is 14.7 Å². The molecule has 0 radical (unpaired) electrons. The van der Waals surface area contributed by atoms with E-state index in [9.17, 15) is 9.59 Å². The van der Waals surface area contributed by atoms with E-state index in [1.807, 2.05) is 0 Å². The van der Waals surface area contributed by atoms with Gasteiger partial charge in [0, 0.05) is 32.1 Å². The van der Waals surface area contributed by atoms with Crippen LogP contribution in [0.5, 0.6) is 0 Å². The fourth-order valence-corrected chi connectivity index (χ4v) is 2.85. The summed E-state index contributed by atoms with van der Waals surface area (Å²) in [6.45, 7) is 0. The molecule has 0 aliphatic rings. The number of amides is 1. The highest BCUT2D eigenvalue weighted by Crippen LogP contribution is 2.23. The quantitative estimate of drug-likeness (QED) is 0.809. The number of benzene rings is 1. The van der Waals surface area contributed by atoms with Crippen molar-refractivity contribution in [2.45, 2.75) is 0 Å². The Balaban J connectivity index is 2.11. The first-order valence-corrected chi connectivity index (χ1v) is 7.34. The predicted octanol–water partition coefficient (Wildman–Crippen LogP) is 4.41. The molecule has 0 saturated carbocycles. The summed E-state index contributed by atoms with van der Waals surface area (Å²) in [4.78, 5) is 23.2. The number of hydrogen-bond donors (Lipinski definition) is 2. The van der Waals surface area contributed by atoms with Gasteiger partial charge in [-0.25, -0.2) is 4.79 Å². The second-order valence-corrected chi connectivity index (χ2v) is 5.84. The molecule has 0 bridgehead atoms. The van der Waals surface area contributed by atoms with Crippen molar-refractivity contribution in [1.29, 1.82) is 0 Å². The number of carbonyl (C=O) groups is 2. The van der Waals surface area contributed by atoms with Gasteiger partial charge in [0.25, 0.3) is 5.91 Å². The van der Waals surface area contributed by atoms with E-state index < -0.39 is 5.97 Å². The number of carboxylic acid groups (broad SMARTS) is 1. The molecule has 0 aliphatic heterocycles. The normalized spacial score (nSPS) is 10.8. The summed E-state index contributed by atoms with van der Waals surface area (Å²) in [7, 11) is 0. The molecule has 1 aromatic heterocycles. The van der Waals surface area contributed by atoms with Crippen LogP contribution in [-0.2, 0) is 4.79 Å². The predicted molar refractivity (Wildman–Crippen MR) is 85.4 cm³/mol. The van der Waals surface area contributed by atoms with Crippen LogP contribution in [0.25, 0.3) is 6.08 Å². The molecule has 1 amide bonds. The molecule has 21 heavy (non-hydrogen) atoms. The van der Waals surface area contributed by atoms with Gasteiger partial charge >= 0.3 is 5.97 Å². The van der Waals surface area contributed by atoms with Crippen LogP contribution in [0.15, 0.2) is 35.7 Å². The molecule has 0 aliphatic carbocycles. The number of anilines is 1. The zero-order valence-electron chi connectivity index (χ0n) is 10.5. The number of rotatable bonds is 4. The number of thiophene rings is 1. The van der Waals surface area contributed by atoms with Gasteiger partial charge in [0.15, 0.2) is 0 Å². The third-order valence-electron chi connectivity index (χ3n) is 2.39. The van der Waals surface area contributed by atoms with Crippen LogP contribution in [0.1, 0.15) is 15.2 Å². The second-order valence-electron chi connectivity index (χ2n) is 4.02. The molecule has 7 heteroatoms. The van der Waals surface area contributed by atoms with Gasteiger partial charge in [-0.15, -0.1) is 11.3 Å². The highest BCUT2D eigenvalue weighted by atomic mass is 35.5. The van der Waals surface area contributed by atoms with E-state index >= 15 is 0 Å². The van der Waals surface area contributed by atoms with E-state index in [1.54, 1.807) is 29.6 Å². The third-order valence-corrected chi connectivity index (χ3v) is 3.73. The molecule has 108 valence electrons. The van der Waals surface area contributed by atoms with Gasteiger partial charge < -0.3 is 10.4 Å². The van der Waals surface area contributed by atoms with Crippen LogP contribution < -0.4 is 5.32 Å². The Morgan fingerprint density at radius 2 is 1.81 bits per heavy atom. The molecule has 2 N–H and O–H groups in total. The highest BCUT2D eigenvalue weighted by molar-refractivity contribution is 7.11. The maximum atomic E-state index is 12.1. The van der Waals surface area contributed by atoms with E-state index in [1.165, 1.54) is 17.4 Å². The molecule has 2 rings (SSSR count). The van der Waals surface area contributed by atoms with Crippen molar-refractivity contribution in [2.24, 2.45) is 0 Å². The standard InChI is InChI=1S/C14H9Cl2NO3S/c15-9-4-10(16)6-11(5-9)17-14(20)8-3-12(21-7-8)1-2-13(18)19/h1-7H,(H,17,20)(H,18,19). The smallest absolute Gasteiger partial charge is 0.328 e. The van der Waals surface area contributed by atoms with Crippen LogP contribution in [0, 0.1) is 0 Å². The Kier molecular flexibility index (Phi) is 5.01. The van der Waals surface area contributed by atoms with Crippen LogP contribution in [0.3, 0.4) is 0 Å². The summed E-state index contributed by atoms with van der Waals surface area (Å²) >= 11 is 13.0. The molecule has 0 spiro atoms. The summed E-state index contributed by atoms with van der Waals surface area (Å²) in [6.07, 6.45) is 2.45. The lowest BCUT2D eigenvalue weighted by Gasteiger charge is -2.04. The number of carboxylic acids is 1. The lowest BCUT2D eigenvalue weighted by Crippen LogP contribution is -2.10. The van der Waals surface area contributed by atoms with Gasteiger partial charge in [-0.1, -0.05) is 23.2 Å². The Morgan fingerprint density at radius 3 is 2.43 bits per heavy atom. The van der Waals surface area contributed by atoms with Crippen LogP contribution in [-0.4, -0.2) is 17.0 Å². The van der Waals surface area contributed by atoms with Crippen LogP contribution >= 0.6 is 34.5 Å². The minimum absolute atomic E-state index is 0.320. The Hall–Kier alpha value is -1.82. The van der Waals surface area contributed by atoms with Gasteiger partial charge in [-0.2, -0.15) is 0 Å². The van der Waals surface area contributed by atoms with Gasteiger partial charge in [-0.3, -0.25) is 4.79 Å². The molecule has 0 saturated heterocycles. The monoisotopic (exact) mass is 341 g/mol. The molecule has 0 atom stereocenters. The molecule has 0 unspecified atom stereocenters. The fourth-order valence-electron chi connectivity index (χ4n) is 1.54. The maximum absolute atomic E-state index is 12.1. The first-order valence-electron chi connectivity index (χ1n) is 5.71. The SMILES string of the molecule is O=C(O)C=Cc1cc(C(=O)Nc2cc(Cl)cc(Cl)c2)cs1. The average molecular weight is 342 g/mol. The number of aliphatic carboxylic acids is 1. The summed E-state index contributed by atoms with van der Waals surface area (Å²) in [5, 5.41) is 13.7. The number of hydrogen-bond acceptors (Lipinski definition) is 3. The second kappa shape index (κ2) is 6.76. The van der Waals surface area contributed by atoms with Crippen LogP contribution in [0.4, 0.5) is 5.69 Å². The molecule has 1 heterocycles. The van der Waals surface area contributed by atoms with Gasteiger partial charge in [0.2, 0.25) is 0 Å². The highest BCUT2D eigenvalue weighted by Gasteiger charge is 2.09. The topological polar surface area (TPSA) is 66.4 Å². The zero-order valence-corrected chi connectivity index (χ0v) is 12.8. The summed E-state index contributed by atoms with van der Waals surface area (Å²) < 4.78 is 0. The van der Waals surface area contributed by atoms with Crippen molar-refractivity contribution in [3.8, 4) is 0 Å². The number of nitrogens with one attached hydrogen (secondary N) is 1. The molecule has 4 nitrogen and oxygen atoms in total. The molecule has 1 aromatic carbocycles. The third kappa shape index (κ3) is 4.60. The van der Waals surface area contributed by atoms with Gasteiger partial charge in [0.05, 0.1) is 5.56 Å². The van der Waals surface area contributed by atoms with Gasteiger partial charge in [0.1, 0.15) is 0 Å². The summed E-state index contributed by atoms with van der Waals surface area (Å²) in [6, 6.07) is 6.34. The molecular formula is C14H9Cl2NO3S. The first-order chi connectivity index (χ1) is 9.94. The molecule has 2 aromatic rings. The zero-order chi connectivity index (χ0) is 15.4. The first kappa shape index (κ1) is 15.6. The Bertz CT molecular complexity index is 705. The van der Waals surface area contributed by atoms with Crippen molar-refractivity contribution in [3.05, 3.63) is 56.2 Å². The van der Waals surface area contributed by atoms with Crippen molar-refractivity contribution in [2.75, 3.05) is 5.32 Å². The molecule has 0 fully saturated rings. The maximum Gasteiger partial charge on any atom is 0.328 e. The average Bonchev–Trinajstić information content (AvgIpc) is 2.83. The lowest BCUT2D eigenvalue weighted by atomic mass is 10.2. The van der Waals surface area contributed by atoms with E-state index in [0.29, 0.717) is 26.2 Å². The van der Waals surface area contributed by atoms with E-state index in [0.717, 1.165) is 6.08 Å². The van der Waals surface area contributed by atoms with E-state index in [-0.39, 0.29) is 5.91 Å². The fraction of sp³-hybridized carbons (Fsp3) is 0. The summed E-state index contributed by atoms with van der Waals surface area (Å²) in [5.41, 5.74) is 0.924. The Labute approximate surface area is 134 Å². The van der Waals surface area contributed by atoms with Crippen molar-refractivity contribution in [3.63, 3.8) is 0 Å². The van der Waals surface area contributed by atoms with Gasteiger partial charge in [-0.05, 0) is 30.3 Å². The van der Waals surface area contributed by atoms with Crippen molar-refractivity contribution in [1.82, 2.24) is 0 Å². The van der Waals surface area contributed by atoms with E-state index in [2.05, 4.69) is 5.32 Å². The lowest BCUT2D eigenvalue weighted by molar-refractivity contribution is -0.131. The number of carbonyl (C=O) groups excluding carboxylic acids is 1. The van der Waals surface area contributed by atoms with E-state index in [4.69, 9.17) is 28.3 Å². The molecular weight excluding hydrogens is 333 g/mol.